The number of ether oxygens (including phenoxy) is 1. The van der Waals surface area contributed by atoms with Crippen LogP contribution >= 0.6 is 24.0 Å². The zero-order chi connectivity index (χ0) is 19.2. The third-order valence-electron chi connectivity index (χ3n) is 6.92. The molecule has 3 aliphatic rings. The third-order valence-corrected chi connectivity index (χ3v) is 6.92. The van der Waals surface area contributed by atoms with Crippen molar-refractivity contribution in [3.63, 3.8) is 0 Å². The Hall–Kier alpha value is -0.860. The van der Waals surface area contributed by atoms with Crippen molar-refractivity contribution in [2.45, 2.75) is 51.6 Å². The van der Waals surface area contributed by atoms with Crippen molar-refractivity contribution < 1.29 is 4.74 Å². The predicted octanol–water partition coefficient (Wildman–Crippen LogP) is 3.87. The Bertz CT molecular complexity index is 669. The molecule has 1 spiro atoms. The molecule has 0 bridgehead atoms. The van der Waals surface area contributed by atoms with Gasteiger partial charge in [-0.05, 0) is 35.8 Å². The second-order valence-corrected chi connectivity index (χ2v) is 8.79. The van der Waals surface area contributed by atoms with E-state index in [-0.39, 0.29) is 24.0 Å². The molecule has 5 nitrogen and oxygen atoms in total. The van der Waals surface area contributed by atoms with Crippen LogP contribution in [0.4, 0.5) is 0 Å². The van der Waals surface area contributed by atoms with Crippen molar-refractivity contribution in [2.75, 3.05) is 46.4 Å². The van der Waals surface area contributed by atoms with Crippen LogP contribution in [0.3, 0.4) is 0 Å². The summed E-state index contributed by atoms with van der Waals surface area (Å²) in [5.41, 5.74) is 3.35. The van der Waals surface area contributed by atoms with Gasteiger partial charge in [-0.15, -0.1) is 24.0 Å². The van der Waals surface area contributed by atoms with Gasteiger partial charge in [0.25, 0.3) is 0 Å². The molecule has 0 amide bonds. The maximum atomic E-state index is 5.49. The number of likely N-dealkylation sites (tertiary alicyclic amines) is 1. The maximum Gasteiger partial charge on any atom is 0.193 e. The summed E-state index contributed by atoms with van der Waals surface area (Å²) in [7, 11) is 1.92. The third kappa shape index (κ3) is 5.85. The second-order valence-electron chi connectivity index (χ2n) is 8.79. The van der Waals surface area contributed by atoms with Crippen LogP contribution in [0.15, 0.2) is 29.3 Å². The molecule has 6 heteroatoms. The van der Waals surface area contributed by atoms with Gasteiger partial charge in [0.15, 0.2) is 5.96 Å². The molecule has 1 aromatic rings. The standard InChI is InChI=1S/C23H36N4O.HI/c1-24-22(27-12-11-23(19-27)9-5-2-6-10-23)25-17-20-7-3-4-8-21(20)18-26-13-15-28-16-14-26;/h3-4,7-8H,2,5-6,9-19H2,1H3,(H,24,25);1H. The van der Waals surface area contributed by atoms with Crippen LogP contribution in [-0.4, -0.2) is 62.2 Å². The molecular formula is C23H37IN4O. The lowest BCUT2D eigenvalue weighted by molar-refractivity contribution is 0.0341. The average Bonchev–Trinajstić information content (AvgIpc) is 3.14. The van der Waals surface area contributed by atoms with Gasteiger partial charge in [-0.25, -0.2) is 0 Å². The minimum Gasteiger partial charge on any atom is -0.379 e. The van der Waals surface area contributed by atoms with Gasteiger partial charge >= 0.3 is 0 Å². The van der Waals surface area contributed by atoms with E-state index < -0.39 is 0 Å². The van der Waals surface area contributed by atoms with E-state index in [4.69, 9.17) is 4.74 Å². The van der Waals surface area contributed by atoms with Crippen LogP contribution in [0.2, 0.25) is 0 Å². The normalized spacial score (nSPS) is 22.5. The Morgan fingerprint density at radius 3 is 2.48 bits per heavy atom. The van der Waals surface area contributed by atoms with E-state index in [1.807, 2.05) is 7.05 Å². The van der Waals surface area contributed by atoms with Gasteiger partial charge < -0.3 is 15.0 Å². The molecule has 2 saturated heterocycles. The maximum absolute atomic E-state index is 5.49. The van der Waals surface area contributed by atoms with Crippen molar-refractivity contribution in [1.29, 1.82) is 0 Å². The van der Waals surface area contributed by atoms with Crippen LogP contribution in [-0.2, 0) is 17.8 Å². The number of benzene rings is 1. The predicted molar refractivity (Wildman–Crippen MR) is 130 cm³/mol. The van der Waals surface area contributed by atoms with Crippen LogP contribution < -0.4 is 5.32 Å². The van der Waals surface area contributed by atoms with Crippen LogP contribution in [0.5, 0.6) is 0 Å². The van der Waals surface area contributed by atoms with Crippen LogP contribution in [0, 0.1) is 5.41 Å². The molecule has 1 aliphatic carbocycles. The van der Waals surface area contributed by atoms with Gasteiger partial charge in [0, 0.05) is 46.3 Å². The molecule has 0 aromatic heterocycles. The zero-order valence-corrected chi connectivity index (χ0v) is 20.2. The number of hydrogen-bond acceptors (Lipinski definition) is 3. The molecule has 29 heavy (non-hydrogen) atoms. The van der Waals surface area contributed by atoms with Crippen molar-refractivity contribution in [2.24, 2.45) is 10.4 Å². The molecule has 1 N–H and O–H groups in total. The van der Waals surface area contributed by atoms with E-state index in [1.165, 1.54) is 56.2 Å². The van der Waals surface area contributed by atoms with Gasteiger partial charge in [0.05, 0.1) is 13.2 Å². The molecule has 4 rings (SSSR count). The summed E-state index contributed by atoms with van der Waals surface area (Å²) in [5.74, 6) is 1.07. The summed E-state index contributed by atoms with van der Waals surface area (Å²) in [6, 6.07) is 8.82. The molecule has 1 saturated carbocycles. The van der Waals surface area contributed by atoms with E-state index in [0.717, 1.165) is 51.9 Å². The van der Waals surface area contributed by atoms with Gasteiger partial charge in [-0.1, -0.05) is 43.5 Å². The Balaban J connectivity index is 0.00000240. The zero-order valence-electron chi connectivity index (χ0n) is 17.9. The number of morpholine rings is 1. The Morgan fingerprint density at radius 2 is 1.76 bits per heavy atom. The monoisotopic (exact) mass is 512 g/mol. The summed E-state index contributed by atoms with van der Waals surface area (Å²) < 4.78 is 5.49. The van der Waals surface area contributed by atoms with E-state index in [0.29, 0.717) is 5.41 Å². The highest BCUT2D eigenvalue weighted by Crippen LogP contribution is 2.43. The van der Waals surface area contributed by atoms with Gasteiger partial charge in [-0.2, -0.15) is 0 Å². The molecule has 162 valence electrons. The van der Waals surface area contributed by atoms with Gasteiger partial charge in [-0.3, -0.25) is 9.89 Å². The Morgan fingerprint density at radius 1 is 1.03 bits per heavy atom. The van der Waals surface area contributed by atoms with Gasteiger partial charge in [0.1, 0.15) is 0 Å². The van der Waals surface area contributed by atoms with E-state index in [9.17, 15) is 0 Å². The summed E-state index contributed by atoms with van der Waals surface area (Å²) in [6.45, 7) is 7.94. The minimum atomic E-state index is 0. The molecule has 2 heterocycles. The fraction of sp³-hybridized carbons (Fsp3) is 0.696. The van der Waals surface area contributed by atoms with Crippen molar-refractivity contribution in [3.05, 3.63) is 35.4 Å². The number of guanidine groups is 1. The van der Waals surface area contributed by atoms with Crippen molar-refractivity contribution in [3.8, 4) is 0 Å². The SMILES string of the molecule is CN=C(NCc1ccccc1CN1CCOCC1)N1CCC2(CCCCC2)C1.I. The van der Waals surface area contributed by atoms with E-state index in [2.05, 4.69) is 44.4 Å². The average molecular weight is 512 g/mol. The lowest BCUT2D eigenvalue weighted by Crippen LogP contribution is -2.41. The highest BCUT2D eigenvalue weighted by atomic mass is 127. The highest BCUT2D eigenvalue weighted by Gasteiger charge is 2.39. The first-order valence-electron chi connectivity index (χ1n) is 11.1. The number of aliphatic imine (C=N–C) groups is 1. The second kappa shape index (κ2) is 11.0. The largest absolute Gasteiger partial charge is 0.379 e. The van der Waals surface area contributed by atoms with Crippen LogP contribution in [0.25, 0.3) is 0 Å². The molecule has 0 atom stereocenters. The fourth-order valence-corrected chi connectivity index (χ4v) is 5.22. The topological polar surface area (TPSA) is 40.1 Å². The first-order chi connectivity index (χ1) is 13.8. The van der Waals surface area contributed by atoms with Gasteiger partial charge in [0.2, 0.25) is 0 Å². The Kier molecular flexibility index (Phi) is 8.62. The summed E-state index contributed by atoms with van der Waals surface area (Å²) in [6.07, 6.45) is 8.39. The van der Waals surface area contributed by atoms with Crippen molar-refractivity contribution >= 4 is 29.9 Å². The number of rotatable bonds is 4. The molecule has 3 fully saturated rings. The number of nitrogens with zero attached hydrogens (tertiary/aromatic N) is 3. The lowest BCUT2D eigenvalue weighted by atomic mass is 9.73. The molecular weight excluding hydrogens is 475 g/mol. The van der Waals surface area contributed by atoms with E-state index in [1.54, 1.807) is 0 Å². The number of halogens is 1. The summed E-state index contributed by atoms with van der Waals surface area (Å²) >= 11 is 0. The highest BCUT2D eigenvalue weighted by molar-refractivity contribution is 14.0. The molecule has 0 unspecified atom stereocenters. The fourth-order valence-electron chi connectivity index (χ4n) is 5.22. The Labute approximate surface area is 193 Å². The minimum absolute atomic E-state index is 0. The first kappa shape index (κ1) is 22.8. The smallest absolute Gasteiger partial charge is 0.193 e. The number of nitrogens with one attached hydrogen (secondary N) is 1. The molecule has 0 radical (unpaired) electrons. The quantitative estimate of drug-likeness (QED) is 0.378. The molecule has 1 aromatic carbocycles. The molecule has 2 aliphatic heterocycles. The lowest BCUT2D eigenvalue weighted by Gasteiger charge is -2.33. The first-order valence-corrected chi connectivity index (χ1v) is 11.1. The van der Waals surface area contributed by atoms with Crippen LogP contribution in [0.1, 0.15) is 49.7 Å². The van der Waals surface area contributed by atoms with E-state index >= 15 is 0 Å². The van der Waals surface area contributed by atoms with Crippen molar-refractivity contribution in [1.82, 2.24) is 15.1 Å². The number of hydrogen-bond donors (Lipinski definition) is 1. The summed E-state index contributed by atoms with van der Waals surface area (Å²) in [5, 5.41) is 3.66. The summed E-state index contributed by atoms with van der Waals surface area (Å²) in [4.78, 5) is 9.60.